The van der Waals surface area contributed by atoms with Gasteiger partial charge in [0.1, 0.15) is 0 Å². The Kier molecular flexibility index (Phi) is 5.67. The summed E-state index contributed by atoms with van der Waals surface area (Å²) in [4.78, 5) is 14.5. The number of hydrogen-bond acceptors (Lipinski definition) is 3. The molecule has 0 saturated carbocycles. The molecule has 0 unspecified atom stereocenters. The number of nitrogens with zero attached hydrogens (tertiary/aromatic N) is 1. The molecule has 1 fully saturated rings. The van der Waals surface area contributed by atoms with E-state index in [0.29, 0.717) is 19.4 Å². The summed E-state index contributed by atoms with van der Waals surface area (Å²) in [6, 6.07) is 8.71. The van der Waals surface area contributed by atoms with Gasteiger partial charge in [0.15, 0.2) is 9.84 Å². The topological polar surface area (TPSA) is 66.5 Å². The summed E-state index contributed by atoms with van der Waals surface area (Å²) in [5, 5.41) is 3.91. The SMILES string of the molecule is [2H]C([2H])(C)[C@H]1CCN(C(=O)N[C@@H](C)/C=C/S(C)(=O)=O)[C@@H](c2ccccc2)C1. The van der Waals surface area contributed by atoms with Crippen LogP contribution in [0.5, 0.6) is 0 Å². The largest absolute Gasteiger partial charge is 0.332 e. The van der Waals surface area contributed by atoms with Crippen LogP contribution in [0.3, 0.4) is 0 Å². The molecule has 2 amide bonds. The van der Waals surface area contributed by atoms with E-state index in [0.717, 1.165) is 17.2 Å². The Morgan fingerprint density at radius 3 is 2.72 bits per heavy atom. The second kappa shape index (κ2) is 8.52. The van der Waals surface area contributed by atoms with Crippen molar-refractivity contribution in [3.05, 3.63) is 47.4 Å². The molecule has 0 spiro atoms. The molecule has 0 aromatic heterocycles. The third kappa shape index (κ3) is 5.88. The first-order valence-corrected chi connectivity index (χ1v) is 10.4. The molecule has 6 heteroatoms. The predicted molar refractivity (Wildman–Crippen MR) is 101 cm³/mol. The monoisotopic (exact) mass is 366 g/mol. The van der Waals surface area contributed by atoms with Crippen LogP contribution in [0.2, 0.25) is 0 Å². The number of likely N-dealkylation sites (tertiary alicyclic amines) is 1. The summed E-state index contributed by atoms with van der Waals surface area (Å²) >= 11 is 0. The highest BCUT2D eigenvalue weighted by Crippen LogP contribution is 2.35. The van der Waals surface area contributed by atoms with Crippen molar-refractivity contribution in [3.63, 3.8) is 0 Å². The van der Waals surface area contributed by atoms with Crippen molar-refractivity contribution in [1.29, 1.82) is 0 Å². The standard InChI is InChI=1S/C19H28N2O3S/c1-4-16-10-12-21(18(14-16)17-8-6-5-7-9-17)19(22)20-15(2)11-13-25(3,23)24/h5-9,11,13,15-16,18H,4,10,12,14H2,1-3H3,(H,20,22)/b13-11+/t15-,16-,18+/m0/s1/i4D2. The van der Waals surface area contributed by atoms with E-state index in [-0.39, 0.29) is 18.0 Å². The van der Waals surface area contributed by atoms with Crippen LogP contribution in [-0.4, -0.2) is 38.2 Å². The van der Waals surface area contributed by atoms with Gasteiger partial charge in [-0.2, -0.15) is 0 Å². The van der Waals surface area contributed by atoms with E-state index >= 15 is 0 Å². The third-order valence-electron chi connectivity index (χ3n) is 4.42. The third-order valence-corrected chi connectivity index (χ3v) is 5.07. The normalized spacial score (nSPS) is 24.5. The fourth-order valence-electron chi connectivity index (χ4n) is 3.05. The second-order valence-corrected chi connectivity index (χ2v) is 8.46. The Morgan fingerprint density at radius 1 is 1.44 bits per heavy atom. The maximum atomic E-state index is 12.8. The van der Waals surface area contributed by atoms with E-state index in [1.165, 1.54) is 6.08 Å². The van der Waals surface area contributed by atoms with Crippen molar-refractivity contribution in [2.24, 2.45) is 5.92 Å². The molecule has 1 aromatic rings. The molecule has 1 aliphatic heterocycles. The molecule has 138 valence electrons. The highest BCUT2D eigenvalue weighted by atomic mass is 32.2. The number of amides is 2. The van der Waals surface area contributed by atoms with Crippen LogP contribution < -0.4 is 5.32 Å². The maximum Gasteiger partial charge on any atom is 0.318 e. The van der Waals surface area contributed by atoms with Crippen molar-refractivity contribution in [3.8, 4) is 0 Å². The molecule has 2 rings (SSSR count). The molecule has 25 heavy (non-hydrogen) atoms. The van der Waals surface area contributed by atoms with Crippen LogP contribution >= 0.6 is 0 Å². The molecule has 1 saturated heterocycles. The van der Waals surface area contributed by atoms with E-state index in [1.54, 1.807) is 18.7 Å². The first-order chi connectivity index (χ1) is 12.5. The maximum absolute atomic E-state index is 12.8. The number of sulfone groups is 1. The Labute approximate surface area is 153 Å². The number of carbonyl (C=O) groups is 1. The minimum Gasteiger partial charge on any atom is -0.332 e. The lowest BCUT2D eigenvalue weighted by Gasteiger charge is -2.40. The van der Waals surface area contributed by atoms with Crippen LogP contribution in [0.4, 0.5) is 4.79 Å². The van der Waals surface area contributed by atoms with Crippen molar-refractivity contribution in [1.82, 2.24) is 10.2 Å². The van der Waals surface area contributed by atoms with E-state index in [4.69, 9.17) is 2.74 Å². The van der Waals surface area contributed by atoms with E-state index in [1.807, 2.05) is 30.3 Å². The summed E-state index contributed by atoms with van der Waals surface area (Å²) in [6.45, 7) is 3.76. The average Bonchev–Trinajstić information content (AvgIpc) is 2.59. The van der Waals surface area contributed by atoms with Gasteiger partial charge in [0, 0.05) is 27.0 Å². The van der Waals surface area contributed by atoms with Crippen LogP contribution in [0.15, 0.2) is 41.8 Å². The zero-order chi connectivity index (χ0) is 20.2. The number of carbonyl (C=O) groups excluding carboxylic acids is 1. The van der Waals surface area contributed by atoms with Gasteiger partial charge in [0.25, 0.3) is 0 Å². The molecule has 0 aliphatic carbocycles. The van der Waals surface area contributed by atoms with Crippen LogP contribution in [0.1, 0.15) is 47.4 Å². The fraction of sp³-hybridized carbons (Fsp3) is 0.526. The van der Waals surface area contributed by atoms with Crippen molar-refractivity contribution >= 4 is 15.9 Å². The zero-order valence-corrected chi connectivity index (χ0v) is 15.8. The molecule has 1 N–H and O–H groups in total. The van der Waals surface area contributed by atoms with Crippen molar-refractivity contribution in [2.45, 2.75) is 45.1 Å². The average molecular weight is 367 g/mol. The van der Waals surface area contributed by atoms with Gasteiger partial charge in [-0.15, -0.1) is 0 Å². The highest BCUT2D eigenvalue weighted by molar-refractivity contribution is 7.93. The van der Waals surface area contributed by atoms with E-state index < -0.39 is 22.3 Å². The number of rotatable bonds is 5. The zero-order valence-electron chi connectivity index (χ0n) is 17.0. The van der Waals surface area contributed by atoms with Crippen LogP contribution in [0, 0.1) is 5.92 Å². The smallest absolute Gasteiger partial charge is 0.318 e. The van der Waals surface area contributed by atoms with Gasteiger partial charge >= 0.3 is 6.03 Å². The second-order valence-electron chi connectivity index (χ2n) is 6.53. The number of piperidine rings is 1. The molecule has 3 atom stereocenters. The number of hydrogen-bond donors (Lipinski definition) is 1. The lowest BCUT2D eigenvalue weighted by molar-refractivity contribution is 0.125. The van der Waals surface area contributed by atoms with Crippen LogP contribution in [-0.2, 0) is 9.84 Å². The lowest BCUT2D eigenvalue weighted by atomic mass is 9.86. The van der Waals surface area contributed by atoms with E-state index in [2.05, 4.69) is 5.32 Å². The number of nitrogens with one attached hydrogen (secondary N) is 1. The molecule has 1 heterocycles. The molecule has 1 aliphatic rings. The van der Waals surface area contributed by atoms with Crippen molar-refractivity contribution < 1.29 is 16.0 Å². The van der Waals surface area contributed by atoms with Gasteiger partial charge in [-0.05, 0) is 31.2 Å². The molecule has 5 nitrogen and oxygen atoms in total. The van der Waals surface area contributed by atoms with Crippen LogP contribution in [0.25, 0.3) is 0 Å². The summed E-state index contributed by atoms with van der Waals surface area (Å²) in [7, 11) is -3.24. The Hall–Kier alpha value is -1.82. The Bertz CT molecular complexity index is 776. The fourth-order valence-corrected chi connectivity index (χ4v) is 3.57. The quantitative estimate of drug-likeness (QED) is 0.867. The van der Waals surface area contributed by atoms with Gasteiger partial charge in [-0.3, -0.25) is 0 Å². The molecular weight excluding hydrogens is 336 g/mol. The molecular formula is C19H28N2O3S. The lowest BCUT2D eigenvalue weighted by Crippen LogP contribution is -2.48. The summed E-state index contributed by atoms with van der Waals surface area (Å²) in [5.41, 5.74) is 0.973. The van der Waals surface area contributed by atoms with E-state index in [9.17, 15) is 13.2 Å². The highest BCUT2D eigenvalue weighted by Gasteiger charge is 2.32. The number of urea groups is 1. The van der Waals surface area contributed by atoms with Gasteiger partial charge in [-0.1, -0.05) is 49.7 Å². The summed E-state index contributed by atoms with van der Waals surface area (Å²) in [5.74, 6) is -0.130. The summed E-state index contributed by atoms with van der Waals surface area (Å²) < 4.78 is 38.6. The Morgan fingerprint density at radius 2 is 2.12 bits per heavy atom. The number of benzene rings is 1. The summed E-state index contributed by atoms with van der Waals surface area (Å²) in [6.07, 6.45) is 2.39. The minimum absolute atomic E-state index is 0.130. The first-order valence-electron chi connectivity index (χ1n) is 9.47. The van der Waals surface area contributed by atoms with Crippen molar-refractivity contribution in [2.75, 3.05) is 12.8 Å². The van der Waals surface area contributed by atoms with Gasteiger partial charge < -0.3 is 10.2 Å². The minimum atomic E-state index is -3.24. The molecule has 1 aromatic carbocycles. The van der Waals surface area contributed by atoms with Gasteiger partial charge in [0.2, 0.25) is 0 Å². The first kappa shape index (κ1) is 16.6. The molecule has 0 bridgehead atoms. The van der Waals surface area contributed by atoms with Gasteiger partial charge in [0.05, 0.1) is 6.04 Å². The Balaban J connectivity index is 2.17. The molecule has 0 radical (unpaired) electrons. The van der Waals surface area contributed by atoms with Gasteiger partial charge in [-0.25, -0.2) is 13.2 Å². The predicted octanol–water partition coefficient (Wildman–Crippen LogP) is 3.51.